The number of nitrogens with one attached hydrogen (secondary N) is 1. The Kier molecular flexibility index (Phi) is 4.24. The minimum Gasteiger partial charge on any atom is -0.487 e. The normalized spacial score (nSPS) is 17.6. The summed E-state index contributed by atoms with van der Waals surface area (Å²) in [6.07, 6.45) is 1.89. The van der Waals surface area contributed by atoms with Crippen LogP contribution in [0.15, 0.2) is 18.2 Å². The molecule has 0 bridgehead atoms. The fraction of sp³-hybridized carbons (Fsp3) is 0.533. The van der Waals surface area contributed by atoms with Crippen molar-refractivity contribution in [2.75, 3.05) is 6.61 Å². The molecule has 0 radical (unpaired) electrons. The van der Waals surface area contributed by atoms with Crippen molar-refractivity contribution in [3.05, 3.63) is 29.8 Å². The van der Waals surface area contributed by atoms with Gasteiger partial charge in [0.25, 0.3) is 0 Å². The lowest BCUT2D eigenvalue weighted by molar-refractivity contribution is 0.185. The molecule has 0 aliphatic heterocycles. The second-order valence-corrected chi connectivity index (χ2v) is 5.50. The van der Waals surface area contributed by atoms with Crippen LogP contribution in [0.1, 0.15) is 26.7 Å². The summed E-state index contributed by atoms with van der Waals surface area (Å²) in [4.78, 5) is 0. The second-order valence-electron chi connectivity index (χ2n) is 5.50. The van der Waals surface area contributed by atoms with Gasteiger partial charge in [0.2, 0.25) is 5.82 Å². The Balaban J connectivity index is 2.13. The molecular formula is C15H18F2N2O. The lowest BCUT2D eigenvalue weighted by Crippen LogP contribution is -2.53. The van der Waals surface area contributed by atoms with Crippen LogP contribution in [0.2, 0.25) is 0 Å². The molecule has 1 saturated carbocycles. The van der Waals surface area contributed by atoms with E-state index in [0.717, 1.165) is 18.9 Å². The van der Waals surface area contributed by atoms with Crippen LogP contribution < -0.4 is 10.1 Å². The first-order chi connectivity index (χ1) is 9.48. The molecule has 1 atom stereocenters. The third-order valence-corrected chi connectivity index (χ3v) is 3.39. The number of hydrogen-bond acceptors (Lipinski definition) is 3. The van der Waals surface area contributed by atoms with Crippen molar-refractivity contribution in [2.45, 2.75) is 38.3 Å². The molecule has 0 heterocycles. The quantitative estimate of drug-likeness (QED) is 0.871. The van der Waals surface area contributed by atoms with E-state index in [-0.39, 0.29) is 24.3 Å². The molecule has 1 aliphatic carbocycles. The predicted octanol–water partition coefficient (Wildman–Crippen LogP) is 3.01. The van der Waals surface area contributed by atoms with Crippen LogP contribution in [0.25, 0.3) is 0 Å². The van der Waals surface area contributed by atoms with Crippen molar-refractivity contribution in [3.8, 4) is 11.8 Å². The van der Waals surface area contributed by atoms with Crippen LogP contribution >= 0.6 is 0 Å². The summed E-state index contributed by atoms with van der Waals surface area (Å²) in [5.41, 5.74) is -0.840. The smallest absolute Gasteiger partial charge is 0.200 e. The molecule has 1 unspecified atom stereocenters. The molecule has 0 aromatic heterocycles. The Morgan fingerprint density at radius 1 is 1.45 bits per heavy atom. The number of nitriles is 1. The van der Waals surface area contributed by atoms with Crippen molar-refractivity contribution in [3.63, 3.8) is 0 Å². The van der Waals surface area contributed by atoms with E-state index in [2.05, 4.69) is 11.4 Å². The van der Waals surface area contributed by atoms with Gasteiger partial charge < -0.3 is 4.74 Å². The first kappa shape index (κ1) is 14.7. The van der Waals surface area contributed by atoms with E-state index >= 15 is 0 Å². The molecule has 1 aromatic rings. The maximum Gasteiger partial charge on any atom is 0.200 e. The maximum absolute atomic E-state index is 13.6. The Morgan fingerprint density at radius 2 is 2.15 bits per heavy atom. The average Bonchev–Trinajstić information content (AvgIpc) is 3.23. The minimum atomic E-state index is -1.01. The number of halogens is 2. The summed E-state index contributed by atoms with van der Waals surface area (Å²) in [7, 11) is 0. The van der Waals surface area contributed by atoms with Crippen molar-refractivity contribution in [2.24, 2.45) is 5.92 Å². The topological polar surface area (TPSA) is 45.0 Å². The van der Waals surface area contributed by atoms with Crippen molar-refractivity contribution in [1.82, 2.24) is 5.32 Å². The molecule has 5 heteroatoms. The molecule has 3 nitrogen and oxygen atoms in total. The van der Waals surface area contributed by atoms with Crippen molar-refractivity contribution >= 4 is 0 Å². The predicted molar refractivity (Wildman–Crippen MR) is 71.2 cm³/mol. The molecule has 1 N–H and O–H groups in total. The van der Waals surface area contributed by atoms with E-state index in [9.17, 15) is 14.0 Å². The van der Waals surface area contributed by atoms with Gasteiger partial charge in [0.15, 0.2) is 11.6 Å². The van der Waals surface area contributed by atoms with E-state index < -0.39 is 17.2 Å². The molecule has 1 aliphatic rings. The lowest BCUT2D eigenvalue weighted by Gasteiger charge is -2.30. The third-order valence-electron chi connectivity index (χ3n) is 3.39. The van der Waals surface area contributed by atoms with E-state index in [1.165, 1.54) is 12.1 Å². The Hall–Kier alpha value is -1.67. The highest BCUT2D eigenvalue weighted by molar-refractivity contribution is 5.26. The number of nitrogens with zero attached hydrogens (tertiary/aromatic N) is 1. The van der Waals surface area contributed by atoms with Gasteiger partial charge in [-0.15, -0.1) is 0 Å². The first-order valence-electron chi connectivity index (χ1n) is 6.74. The summed E-state index contributed by atoms with van der Waals surface area (Å²) in [5, 5.41) is 12.7. The van der Waals surface area contributed by atoms with Crippen LogP contribution in [-0.2, 0) is 0 Å². The summed E-state index contributed by atoms with van der Waals surface area (Å²) in [6, 6.07) is 6.15. The molecule has 0 saturated heterocycles. The van der Waals surface area contributed by atoms with Gasteiger partial charge in [-0.05, 0) is 44.7 Å². The molecule has 0 spiro atoms. The van der Waals surface area contributed by atoms with Crippen molar-refractivity contribution in [1.29, 1.82) is 5.26 Å². The van der Waals surface area contributed by atoms with Gasteiger partial charge in [0.05, 0.1) is 6.07 Å². The van der Waals surface area contributed by atoms with E-state index in [1.807, 2.05) is 13.8 Å². The summed E-state index contributed by atoms with van der Waals surface area (Å²) < 4.78 is 32.1. The maximum atomic E-state index is 13.6. The zero-order valence-electron chi connectivity index (χ0n) is 11.6. The van der Waals surface area contributed by atoms with Gasteiger partial charge in [-0.1, -0.05) is 6.07 Å². The van der Waals surface area contributed by atoms with E-state index in [1.54, 1.807) is 0 Å². The molecule has 108 valence electrons. The fourth-order valence-corrected chi connectivity index (χ4v) is 2.31. The van der Waals surface area contributed by atoms with Gasteiger partial charge >= 0.3 is 0 Å². The Bertz CT molecular complexity index is 523. The third kappa shape index (κ3) is 3.07. The highest BCUT2D eigenvalue weighted by atomic mass is 19.2. The molecule has 1 fully saturated rings. The Labute approximate surface area is 117 Å². The van der Waals surface area contributed by atoms with Crippen LogP contribution in [0.3, 0.4) is 0 Å². The monoisotopic (exact) mass is 280 g/mol. The summed E-state index contributed by atoms with van der Waals surface area (Å²) in [5.74, 6) is -1.92. The van der Waals surface area contributed by atoms with Crippen LogP contribution in [0.4, 0.5) is 8.78 Å². The first-order valence-corrected chi connectivity index (χ1v) is 6.74. The molecule has 1 aromatic carbocycles. The largest absolute Gasteiger partial charge is 0.487 e. The van der Waals surface area contributed by atoms with Gasteiger partial charge in [0, 0.05) is 6.04 Å². The lowest BCUT2D eigenvalue weighted by atomic mass is 9.95. The summed E-state index contributed by atoms with van der Waals surface area (Å²) >= 11 is 0. The van der Waals surface area contributed by atoms with Gasteiger partial charge in [0.1, 0.15) is 12.1 Å². The second kappa shape index (κ2) is 5.76. The van der Waals surface area contributed by atoms with Gasteiger partial charge in [-0.25, -0.2) is 4.39 Å². The van der Waals surface area contributed by atoms with E-state index in [4.69, 9.17) is 4.74 Å². The van der Waals surface area contributed by atoms with Gasteiger partial charge in [-0.2, -0.15) is 9.65 Å². The highest BCUT2D eigenvalue weighted by Crippen LogP contribution is 2.40. The molecule has 20 heavy (non-hydrogen) atoms. The van der Waals surface area contributed by atoms with Crippen LogP contribution in [-0.4, -0.2) is 18.2 Å². The summed E-state index contributed by atoms with van der Waals surface area (Å²) in [6.45, 7) is 3.89. The minimum absolute atomic E-state index is 0.00667. The van der Waals surface area contributed by atoms with Gasteiger partial charge in [-0.3, -0.25) is 5.32 Å². The fourth-order valence-electron chi connectivity index (χ4n) is 2.31. The standard InChI is InChI=1S/C15H18F2N2O/c1-10(2)19-15(8-18,11-6-7-11)9-20-13-5-3-4-12(16)14(13)17/h3-5,10-11,19H,6-7,9H2,1-2H3. The van der Waals surface area contributed by atoms with Crippen LogP contribution in [0.5, 0.6) is 5.75 Å². The zero-order chi connectivity index (χ0) is 14.8. The van der Waals surface area contributed by atoms with Crippen molar-refractivity contribution < 1.29 is 13.5 Å². The molecular weight excluding hydrogens is 262 g/mol. The van der Waals surface area contributed by atoms with Crippen LogP contribution in [0, 0.1) is 28.9 Å². The van der Waals surface area contributed by atoms with E-state index in [0.29, 0.717) is 0 Å². The zero-order valence-corrected chi connectivity index (χ0v) is 11.6. The SMILES string of the molecule is CC(C)NC(C#N)(COc1cccc(F)c1F)C1CC1. The number of hydrogen-bond donors (Lipinski definition) is 1. The molecule has 0 amide bonds. The number of benzene rings is 1. The average molecular weight is 280 g/mol. The Morgan fingerprint density at radius 3 is 2.70 bits per heavy atom. The number of ether oxygens (including phenoxy) is 1. The number of rotatable bonds is 6. The highest BCUT2D eigenvalue weighted by Gasteiger charge is 2.47. The molecule has 2 rings (SSSR count).